The maximum absolute atomic E-state index is 11.2. The largest absolute Gasteiger partial charge is 0.343 e. The Bertz CT molecular complexity index is 194. The van der Waals surface area contributed by atoms with Crippen LogP contribution in [0, 0.1) is 5.92 Å². The SMILES string of the molecule is CC(=O)N(C)C1CCC(CCCN)C1. The third kappa shape index (κ3) is 2.98. The molecule has 0 radical (unpaired) electrons. The molecule has 2 unspecified atom stereocenters. The number of nitrogens with zero attached hydrogens (tertiary/aromatic N) is 1. The van der Waals surface area contributed by atoms with Crippen LogP contribution < -0.4 is 5.73 Å². The quantitative estimate of drug-likeness (QED) is 0.741. The predicted molar refractivity (Wildman–Crippen MR) is 57.9 cm³/mol. The molecule has 1 amide bonds. The summed E-state index contributed by atoms with van der Waals surface area (Å²) in [7, 11) is 1.91. The maximum Gasteiger partial charge on any atom is 0.219 e. The average molecular weight is 198 g/mol. The third-order valence-electron chi connectivity index (χ3n) is 3.37. The van der Waals surface area contributed by atoms with E-state index in [0.29, 0.717) is 6.04 Å². The molecule has 0 aliphatic heterocycles. The highest BCUT2D eigenvalue weighted by atomic mass is 16.2. The van der Waals surface area contributed by atoms with Crippen molar-refractivity contribution in [2.24, 2.45) is 11.7 Å². The fourth-order valence-electron chi connectivity index (χ4n) is 2.33. The summed E-state index contributed by atoms with van der Waals surface area (Å²) in [6.07, 6.45) is 5.98. The highest BCUT2D eigenvalue weighted by molar-refractivity contribution is 5.73. The van der Waals surface area contributed by atoms with Crippen LogP contribution in [-0.4, -0.2) is 30.4 Å². The van der Waals surface area contributed by atoms with E-state index in [2.05, 4.69) is 0 Å². The van der Waals surface area contributed by atoms with Gasteiger partial charge in [0.1, 0.15) is 0 Å². The minimum Gasteiger partial charge on any atom is -0.343 e. The molecule has 14 heavy (non-hydrogen) atoms. The molecule has 1 aliphatic carbocycles. The van der Waals surface area contributed by atoms with Crippen molar-refractivity contribution in [3.05, 3.63) is 0 Å². The van der Waals surface area contributed by atoms with Crippen molar-refractivity contribution >= 4 is 5.91 Å². The van der Waals surface area contributed by atoms with E-state index in [9.17, 15) is 4.79 Å². The van der Waals surface area contributed by atoms with Gasteiger partial charge in [-0.2, -0.15) is 0 Å². The highest BCUT2D eigenvalue weighted by Crippen LogP contribution is 2.31. The van der Waals surface area contributed by atoms with Gasteiger partial charge < -0.3 is 10.6 Å². The van der Waals surface area contributed by atoms with E-state index in [1.165, 1.54) is 25.7 Å². The second-order valence-electron chi connectivity index (χ2n) is 4.39. The lowest BCUT2D eigenvalue weighted by atomic mass is 10.0. The van der Waals surface area contributed by atoms with E-state index in [4.69, 9.17) is 5.73 Å². The maximum atomic E-state index is 11.2. The van der Waals surface area contributed by atoms with Gasteiger partial charge in [-0.25, -0.2) is 0 Å². The van der Waals surface area contributed by atoms with Crippen LogP contribution in [0.4, 0.5) is 0 Å². The summed E-state index contributed by atoms with van der Waals surface area (Å²) in [6.45, 7) is 2.44. The van der Waals surface area contributed by atoms with Gasteiger partial charge in [-0.15, -0.1) is 0 Å². The normalized spacial score (nSPS) is 26.5. The van der Waals surface area contributed by atoms with E-state index in [-0.39, 0.29) is 5.91 Å². The van der Waals surface area contributed by atoms with Gasteiger partial charge in [0.25, 0.3) is 0 Å². The molecule has 0 heterocycles. The van der Waals surface area contributed by atoms with E-state index < -0.39 is 0 Å². The topological polar surface area (TPSA) is 46.3 Å². The molecule has 2 N–H and O–H groups in total. The van der Waals surface area contributed by atoms with E-state index in [1.807, 2.05) is 11.9 Å². The molecule has 0 aromatic rings. The van der Waals surface area contributed by atoms with Gasteiger partial charge in [0.2, 0.25) is 5.91 Å². The van der Waals surface area contributed by atoms with Crippen LogP contribution in [0.2, 0.25) is 0 Å². The summed E-state index contributed by atoms with van der Waals surface area (Å²) in [5, 5.41) is 0. The first-order valence-electron chi connectivity index (χ1n) is 5.58. The Hall–Kier alpha value is -0.570. The van der Waals surface area contributed by atoms with Crippen LogP contribution in [0.15, 0.2) is 0 Å². The Kier molecular flexibility index (Phi) is 4.39. The van der Waals surface area contributed by atoms with Crippen molar-refractivity contribution in [1.29, 1.82) is 0 Å². The lowest BCUT2D eigenvalue weighted by Crippen LogP contribution is -2.33. The number of nitrogens with two attached hydrogens (primary N) is 1. The van der Waals surface area contributed by atoms with Gasteiger partial charge in [-0.3, -0.25) is 4.79 Å². The zero-order chi connectivity index (χ0) is 10.6. The molecule has 82 valence electrons. The molecular formula is C11H22N2O. The van der Waals surface area contributed by atoms with Crippen molar-refractivity contribution in [1.82, 2.24) is 4.90 Å². The minimum absolute atomic E-state index is 0.189. The second kappa shape index (κ2) is 5.35. The lowest BCUT2D eigenvalue weighted by molar-refractivity contribution is -0.129. The molecule has 1 saturated carbocycles. The summed E-state index contributed by atoms with van der Waals surface area (Å²) in [5.41, 5.74) is 5.48. The molecule has 0 bridgehead atoms. The first-order chi connectivity index (χ1) is 6.65. The zero-order valence-corrected chi connectivity index (χ0v) is 9.33. The number of carbonyl (C=O) groups excluding carboxylic acids is 1. The fourth-order valence-corrected chi connectivity index (χ4v) is 2.33. The molecule has 0 saturated heterocycles. The van der Waals surface area contributed by atoms with Crippen molar-refractivity contribution in [3.8, 4) is 0 Å². The first-order valence-corrected chi connectivity index (χ1v) is 5.58. The highest BCUT2D eigenvalue weighted by Gasteiger charge is 2.27. The number of hydrogen-bond donors (Lipinski definition) is 1. The Morgan fingerprint density at radius 1 is 1.50 bits per heavy atom. The summed E-state index contributed by atoms with van der Waals surface area (Å²) in [5.74, 6) is 0.986. The molecule has 2 atom stereocenters. The van der Waals surface area contributed by atoms with Crippen LogP contribution in [0.1, 0.15) is 39.0 Å². The standard InChI is InChI=1S/C11H22N2O/c1-9(14)13(2)11-6-5-10(8-11)4-3-7-12/h10-11H,3-8,12H2,1-2H3. The van der Waals surface area contributed by atoms with Crippen LogP contribution in [-0.2, 0) is 4.79 Å². The molecule has 1 aliphatic rings. The summed E-state index contributed by atoms with van der Waals surface area (Å²) in [4.78, 5) is 13.0. The van der Waals surface area contributed by atoms with Crippen molar-refractivity contribution in [3.63, 3.8) is 0 Å². The number of carbonyl (C=O) groups is 1. The van der Waals surface area contributed by atoms with Crippen LogP contribution >= 0.6 is 0 Å². The molecule has 3 nitrogen and oxygen atoms in total. The van der Waals surface area contributed by atoms with Gasteiger partial charge in [0.15, 0.2) is 0 Å². The first kappa shape index (κ1) is 11.5. The van der Waals surface area contributed by atoms with Crippen molar-refractivity contribution in [2.75, 3.05) is 13.6 Å². The van der Waals surface area contributed by atoms with Crippen LogP contribution in [0.3, 0.4) is 0 Å². The average Bonchev–Trinajstić information content (AvgIpc) is 2.61. The number of amides is 1. The summed E-state index contributed by atoms with van der Waals surface area (Å²) >= 11 is 0. The van der Waals surface area contributed by atoms with Gasteiger partial charge in [-0.05, 0) is 44.6 Å². The second-order valence-corrected chi connectivity index (χ2v) is 4.39. The number of rotatable bonds is 4. The lowest BCUT2D eigenvalue weighted by Gasteiger charge is -2.23. The van der Waals surface area contributed by atoms with Gasteiger partial charge >= 0.3 is 0 Å². The Morgan fingerprint density at radius 2 is 2.21 bits per heavy atom. The number of hydrogen-bond acceptors (Lipinski definition) is 2. The third-order valence-corrected chi connectivity index (χ3v) is 3.37. The summed E-state index contributed by atoms with van der Waals surface area (Å²) < 4.78 is 0. The molecule has 1 rings (SSSR count). The smallest absolute Gasteiger partial charge is 0.219 e. The summed E-state index contributed by atoms with van der Waals surface area (Å²) in [6, 6.07) is 0.482. The molecule has 3 heteroatoms. The van der Waals surface area contributed by atoms with Gasteiger partial charge in [-0.1, -0.05) is 0 Å². The Morgan fingerprint density at radius 3 is 2.79 bits per heavy atom. The van der Waals surface area contributed by atoms with E-state index in [0.717, 1.165) is 18.9 Å². The predicted octanol–water partition coefficient (Wildman–Crippen LogP) is 1.37. The molecule has 1 fully saturated rings. The zero-order valence-electron chi connectivity index (χ0n) is 9.33. The van der Waals surface area contributed by atoms with Gasteiger partial charge in [0.05, 0.1) is 0 Å². The fraction of sp³-hybridized carbons (Fsp3) is 0.909. The molecular weight excluding hydrogens is 176 g/mol. The monoisotopic (exact) mass is 198 g/mol. The van der Waals surface area contributed by atoms with Crippen molar-refractivity contribution < 1.29 is 4.79 Å². The minimum atomic E-state index is 0.189. The van der Waals surface area contributed by atoms with E-state index >= 15 is 0 Å². The van der Waals surface area contributed by atoms with E-state index in [1.54, 1.807) is 6.92 Å². The molecule has 0 spiro atoms. The molecule has 0 aromatic heterocycles. The molecule has 0 aromatic carbocycles. The van der Waals surface area contributed by atoms with Crippen LogP contribution in [0.25, 0.3) is 0 Å². The Labute approximate surface area is 86.6 Å². The van der Waals surface area contributed by atoms with Gasteiger partial charge in [0, 0.05) is 20.0 Å². The van der Waals surface area contributed by atoms with Crippen LogP contribution in [0.5, 0.6) is 0 Å². The Balaban J connectivity index is 2.29. The van der Waals surface area contributed by atoms with Crippen molar-refractivity contribution in [2.45, 2.75) is 45.1 Å².